The Balaban J connectivity index is 1.91. The van der Waals surface area contributed by atoms with Crippen LogP contribution in [0.1, 0.15) is 16.2 Å². The Morgan fingerprint density at radius 1 is 1.29 bits per heavy atom. The first-order valence-corrected chi connectivity index (χ1v) is 6.60. The van der Waals surface area contributed by atoms with Gasteiger partial charge < -0.3 is 15.0 Å². The number of benzene rings is 2. The van der Waals surface area contributed by atoms with Gasteiger partial charge in [-0.05, 0) is 22.9 Å². The summed E-state index contributed by atoms with van der Waals surface area (Å²) in [5.41, 5.74) is 0.294. The predicted octanol–water partition coefficient (Wildman–Crippen LogP) is 2.54. The molecule has 0 radical (unpaired) electrons. The molecule has 2 N–H and O–H groups in total. The van der Waals surface area contributed by atoms with E-state index < -0.39 is 0 Å². The van der Waals surface area contributed by atoms with E-state index in [0.29, 0.717) is 17.9 Å². The van der Waals surface area contributed by atoms with Crippen LogP contribution < -0.4 is 0 Å². The van der Waals surface area contributed by atoms with Gasteiger partial charge in [-0.15, -0.1) is 0 Å². The summed E-state index contributed by atoms with van der Waals surface area (Å²) in [6.07, 6.45) is 3.35. The maximum atomic E-state index is 12.5. The van der Waals surface area contributed by atoms with Crippen LogP contribution in [0.3, 0.4) is 0 Å². The second-order valence-corrected chi connectivity index (χ2v) is 4.91. The Hall–Kier alpha value is -2.82. The number of aromatic nitrogens is 2. The minimum atomic E-state index is -0.241. The van der Waals surface area contributed by atoms with Crippen LogP contribution in [0.15, 0.2) is 48.8 Å². The van der Waals surface area contributed by atoms with Gasteiger partial charge in [-0.3, -0.25) is 4.79 Å². The summed E-state index contributed by atoms with van der Waals surface area (Å²) >= 11 is 0. The molecular weight excluding hydrogens is 266 g/mol. The van der Waals surface area contributed by atoms with Gasteiger partial charge in [0.25, 0.3) is 5.91 Å². The monoisotopic (exact) mass is 281 g/mol. The lowest BCUT2D eigenvalue weighted by Crippen LogP contribution is -2.26. The second-order valence-electron chi connectivity index (χ2n) is 4.91. The number of hydrogen-bond acceptors (Lipinski definition) is 3. The maximum Gasteiger partial charge on any atom is 0.257 e. The van der Waals surface area contributed by atoms with Gasteiger partial charge in [0.2, 0.25) is 0 Å². The van der Waals surface area contributed by atoms with Crippen LogP contribution in [0.4, 0.5) is 0 Å². The van der Waals surface area contributed by atoms with E-state index >= 15 is 0 Å². The van der Waals surface area contributed by atoms with E-state index in [1.807, 2.05) is 24.3 Å². The van der Waals surface area contributed by atoms with E-state index in [9.17, 15) is 9.90 Å². The number of amides is 1. The van der Waals surface area contributed by atoms with Crippen molar-refractivity contribution in [3.05, 3.63) is 60.2 Å². The lowest BCUT2D eigenvalue weighted by molar-refractivity contribution is 0.0779. The molecule has 2 aromatic carbocycles. The van der Waals surface area contributed by atoms with Crippen molar-refractivity contribution in [2.75, 3.05) is 7.05 Å². The molecule has 0 aliphatic heterocycles. The van der Waals surface area contributed by atoms with Crippen molar-refractivity contribution < 1.29 is 9.90 Å². The van der Waals surface area contributed by atoms with Crippen LogP contribution >= 0.6 is 0 Å². The number of rotatable bonds is 3. The molecule has 0 atom stereocenters. The number of carbonyl (C=O) groups excluding carboxylic acids is 1. The van der Waals surface area contributed by atoms with Gasteiger partial charge in [0, 0.05) is 19.4 Å². The molecule has 0 saturated heterocycles. The highest BCUT2D eigenvalue weighted by molar-refractivity contribution is 6.01. The summed E-state index contributed by atoms with van der Waals surface area (Å²) < 4.78 is 0. The quantitative estimate of drug-likeness (QED) is 0.775. The van der Waals surface area contributed by atoms with E-state index in [4.69, 9.17) is 0 Å². The highest BCUT2D eigenvalue weighted by Gasteiger charge is 2.17. The first kappa shape index (κ1) is 13.2. The summed E-state index contributed by atoms with van der Waals surface area (Å²) in [4.78, 5) is 21.0. The Kier molecular flexibility index (Phi) is 3.31. The third-order valence-electron chi connectivity index (χ3n) is 3.38. The fourth-order valence-corrected chi connectivity index (χ4v) is 2.29. The predicted molar refractivity (Wildman–Crippen MR) is 80.0 cm³/mol. The largest absolute Gasteiger partial charge is 0.507 e. The molecule has 5 nitrogen and oxygen atoms in total. The van der Waals surface area contributed by atoms with E-state index in [-0.39, 0.29) is 11.7 Å². The van der Waals surface area contributed by atoms with Crippen LogP contribution in [0.5, 0.6) is 5.75 Å². The minimum absolute atomic E-state index is 0.00926. The van der Waals surface area contributed by atoms with Gasteiger partial charge in [0.15, 0.2) is 0 Å². The average molecular weight is 281 g/mol. The smallest absolute Gasteiger partial charge is 0.257 e. The van der Waals surface area contributed by atoms with Gasteiger partial charge in [-0.1, -0.05) is 24.3 Å². The maximum absolute atomic E-state index is 12.5. The number of hydrogen-bond donors (Lipinski definition) is 2. The lowest BCUT2D eigenvalue weighted by atomic mass is 10.1. The van der Waals surface area contributed by atoms with Gasteiger partial charge >= 0.3 is 0 Å². The number of phenols is 1. The number of H-pyrrole nitrogens is 1. The first-order chi connectivity index (χ1) is 10.1. The van der Waals surface area contributed by atoms with E-state index in [2.05, 4.69) is 9.97 Å². The Morgan fingerprint density at radius 2 is 2.00 bits per heavy atom. The Morgan fingerprint density at radius 3 is 2.67 bits per heavy atom. The molecule has 0 aliphatic carbocycles. The van der Waals surface area contributed by atoms with Crippen molar-refractivity contribution in [3.8, 4) is 5.75 Å². The number of aromatic hydroxyl groups is 1. The molecule has 0 bridgehead atoms. The van der Waals surface area contributed by atoms with Crippen LogP contribution in [-0.2, 0) is 6.54 Å². The summed E-state index contributed by atoms with van der Waals surface area (Å²) in [6, 6.07) is 10.9. The fraction of sp³-hybridized carbons (Fsp3) is 0.125. The summed E-state index contributed by atoms with van der Waals surface area (Å²) in [6.45, 7) is 0.359. The molecular formula is C16H15N3O2. The molecule has 1 heterocycles. The molecule has 1 aromatic heterocycles. The number of phenolic OH excluding ortho intramolecular Hbond substituents is 1. The normalized spacial score (nSPS) is 10.7. The zero-order valence-corrected chi connectivity index (χ0v) is 11.6. The summed E-state index contributed by atoms with van der Waals surface area (Å²) in [5, 5.41) is 11.9. The zero-order valence-electron chi connectivity index (χ0n) is 11.6. The molecule has 1 amide bonds. The number of fused-ring (bicyclic) bond motifs is 1. The third-order valence-corrected chi connectivity index (χ3v) is 3.38. The molecule has 3 aromatic rings. The fourth-order valence-electron chi connectivity index (χ4n) is 2.29. The van der Waals surface area contributed by atoms with Crippen molar-refractivity contribution in [2.24, 2.45) is 0 Å². The lowest BCUT2D eigenvalue weighted by Gasteiger charge is -2.17. The molecule has 0 fully saturated rings. The van der Waals surface area contributed by atoms with Crippen LogP contribution in [0, 0.1) is 0 Å². The molecule has 0 aliphatic rings. The summed E-state index contributed by atoms with van der Waals surface area (Å²) in [7, 11) is 1.68. The van der Waals surface area contributed by atoms with Gasteiger partial charge in [0.1, 0.15) is 11.6 Å². The topological polar surface area (TPSA) is 69.2 Å². The third kappa shape index (κ3) is 2.58. The van der Waals surface area contributed by atoms with Crippen molar-refractivity contribution in [1.29, 1.82) is 0 Å². The minimum Gasteiger partial charge on any atom is -0.507 e. The number of carbonyl (C=O) groups is 1. The number of nitrogens with one attached hydrogen (secondary N) is 1. The molecule has 21 heavy (non-hydrogen) atoms. The van der Waals surface area contributed by atoms with Crippen molar-refractivity contribution >= 4 is 16.7 Å². The molecule has 0 spiro atoms. The van der Waals surface area contributed by atoms with Crippen LogP contribution in [0.25, 0.3) is 10.8 Å². The molecule has 3 rings (SSSR count). The van der Waals surface area contributed by atoms with E-state index in [1.165, 1.54) is 4.90 Å². The van der Waals surface area contributed by atoms with Crippen LogP contribution in [0.2, 0.25) is 0 Å². The first-order valence-electron chi connectivity index (χ1n) is 6.60. The second kappa shape index (κ2) is 5.28. The van der Waals surface area contributed by atoms with Gasteiger partial charge in [-0.25, -0.2) is 4.98 Å². The SMILES string of the molecule is CN(Cc1ncc[nH]1)C(=O)c1cc2ccccc2cc1O. The molecule has 5 heteroatoms. The average Bonchev–Trinajstić information content (AvgIpc) is 2.98. The Bertz CT molecular complexity index is 781. The Labute approximate surface area is 121 Å². The molecule has 106 valence electrons. The van der Waals surface area contributed by atoms with E-state index in [1.54, 1.807) is 31.6 Å². The van der Waals surface area contributed by atoms with Crippen molar-refractivity contribution in [1.82, 2.24) is 14.9 Å². The molecule has 0 saturated carbocycles. The van der Waals surface area contributed by atoms with Crippen molar-refractivity contribution in [2.45, 2.75) is 6.54 Å². The summed E-state index contributed by atoms with van der Waals surface area (Å²) in [5.74, 6) is 0.450. The van der Waals surface area contributed by atoms with E-state index in [0.717, 1.165) is 10.8 Å². The van der Waals surface area contributed by atoms with Crippen molar-refractivity contribution in [3.63, 3.8) is 0 Å². The highest BCUT2D eigenvalue weighted by atomic mass is 16.3. The van der Waals surface area contributed by atoms with Gasteiger partial charge in [-0.2, -0.15) is 0 Å². The standard InChI is InChI=1S/C16H15N3O2/c1-19(10-15-17-6-7-18-15)16(21)13-8-11-4-2-3-5-12(11)9-14(13)20/h2-9,20H,10H2,1H3,(H,17,18). The molecule has 0 unspecified atom stereocenters. The number of nitrogens with zero attached hydrogens (tertiary/aromatic N) is 2. The number of aromatic amines is 1. The van der Waals surface area contributed by atoms with Gasteiger partial charge in [0.05, 0.1) is 12.1 Å². The van der Waals surface area contributed by atoms with Crippen LogP contribution in [-0.4, -0.2) is 32.9 Å². The highest BCUT2D eigenvalue weighted by Crippen LogP contribution is 2.26. The number of imidazole rings is 1. The zero-order chi connectivity index (χ0) is 14.8.